The first-order valence-corrected chi connectivity index (χ1v) is 13.3. The van der Waals surface area contributed by atoms with Gasteiger partial charge in [-0.25, -0.2) is 0 Å². The van der Waals surface area contributed by atoms with Gasteiger partial charge in [0.2, 0.25) is 5.75 Å². The van der Waals surface area contributed by atoms with Crippen LogP contribution < -0.4 is 24.8 Å². The first-order valence-electron chi connectivity index (χ1n) is 12.5. The van der Waals surface area contributed by atoms with Crippen molar-refractivity contribution in [3.63, 3.8) is 0 Å². The number of ether oxygens (including phenoxy) is 3. The van der Waals surface area contributed by atoms with Gasteiger partial charge >= 0.3 is 0 Å². The number of anilines is 1. The van der Waals surface area contributed by atoms with E-state index in [1.807, 2.05) is 23.6 Å². The van der Waals surface area contributed by atoms with Crippen LogP contribution in [0.1, 0.15) is 31.2 Å². The third-order valence-corrected chi connectivity index (χ3v) is 6.72. The summed E-state index contributed by atoms with van der Waals surface area (Å²) < 4.78 is 16.1. The molecule has 0 unspecified atom stereocenters. The lowest BCUT2D eigenvalue weighted by Crippen LogP contribution is -2.30. The number of benzene rings is 3. The molecule has 0 radical (unpaired) electrons. The van der Waals surface area contributed by atoms with Crippen molar-refractivity contribution in [2.75, 3.05) is 26.6 Å². The van der Waals surface area contributed by atoms with E-state index < -0.39 is 11.8 Å². The molecule has 4 rings (SSSR count). The van der Waals surface area contributed by atoms with Gasteiger partial charge in [0, 0.05) is 21.7 Å². The van der Waals surface area contributed by atoms with Gasteiger partial charge in [0.1, 0.15) is 5.70 Å². The van der Waals surface area contributed by atoms with Crippen molar-refractivity contribution >= 4 is 46.8 Å². The van der Waals surface area contributed by atoms with E-state index in [0.29, 0.717) is 39.6 Å². The number of thiophene rings is 1. The lowest BCUT2D eigenvalue weighted by atomic mass is 10.1. The number of carbonyl (C=O) groups excluding carboxylic acids is 3. The molecule has 8 nitrogen and oxygen atoms in total. The van der Waals surface area contributed by atoms with Crippen molar-refractivity contribution in [2.45, 2.75) is 0 Å². The molecule has 208 valence electrons. The Kier molecular flexibility index (Phi) is 9.69. The molecule has 0 saturated carbocycles. The van der Waals surface area contributed by atoms with E-state index >= 15 is 0 Å². The Morgan fingerprint density at radius 1 is 0.780 bits per heavy atom. The molecular formula is C32H28N2O6S. The number of rotatable bonds is 11. The van der Waals surface area contributed by atoms with E-state index in [9.17, 15) is 14.4 Å². The fourth-order valence-corrected chi connectivity index (χ4v) is 4.50. The minimum absolute atomic E-state index is 0.0923. The molecule has 3 aromatic carbocycles. The monoisotopic (exact) mass is 568 g/mol. The molecule has 0 aliphatic heterocycles. The third kappa shape index (κ3) is 7.49. The molecule has 2 N–H and O–H groups in total. The van der Waals surface area contributed by atoms with E-state index in [0.717, 1.165) is 4.88 Å². The van der Waals surface area contributed by atoms with E-state index in [2.05, 4.69) is 10.6 Å². The first kappa shape index (κ1) is 28.8. The summed E-state index contributed by atoms with van der Waals surface area (Å²) in [4.78, 5) is 39.5. The number of amides is 2. The summed E-state index contributed by atoms with van der Waals surface area (Å²) in [7, 11) is 4.57. The fourth-order valence-electron chi connectivity index (χ4n) is 3.84. The van der Waals surface area contributed by atoms with E-state index in [-0.39, 0.29) is 11.5 Å². The average Bonchev–Trinajstić information content (AvgIpc) is 3.52. The highest BCUT2D eigenvalue weighted by atomic mass is 32.1. The standard InChI is InChI=1S/C32H28N2O6S/c1-38-28-18-21(19-29(39-2)30(28)40-3)11-16-27(35)22-12-14-24(15-13-22)33-32(37)26(20-25-10-7-17-41-25)34-31(36)23-8-5-4-6-9-23/h4-20H,1-3H3,(H,33,37)(H,34,36)/b16-11+,26-20-. The summed E-state index contributed by atoms with van der Waals surface area (Å²) in [5, 5.41) is 7.37. The largest absolute Gasteiger partial charge is 0.493 e. The molecular weight excluding hydrogens is 540 g/mol. The van der Waals surface area contributed by atoms with Crippen LogP contribution in [-0.2, 0) is 4.79 Å². The minimum Gasteiger partial charge on any atom is -0.493 e. The maximum Gasteiger partial charge on any atom is 0.272 e. The molecule has 4 aromatic rings. The summed E-state index contributed by atoms with van der Waals surface area (Å²) in [5.74, 6) is 0.291. The zero-order chi connectivity index (χ0) is 29.2. The van der Waals surface area contributed by atoms with Crippen molar-refractivity contribution in [3.05, 3.63) is 118 Å². The van der Waals surface area contributed by atoms with Crippen LogP contribution >= 0.6 is 11.3 Å². The van der Waals surface area contributed by atoms with Gasteiger partial charge in [-0.1, -0.05) is 30.3 Å². The highest BCUT2D eigenvalue weighted by molar-refractivity contribution is 7.10. The number of ketones is 1. The van der Waals surface area contributed by atoms with E-state index in [1.54, 1.807) is 72.8 Å². The van der Waals surface area contributed by atoms with Crippen LogP contribution in [0.25, 0.3) is 12.2 Å². The first-order chi connectivity index (χ1) is 19.9. The van der Waals surface area contributed by atoms with Crippen LogP contribution in [-0.4, -0.2) is 38.9 Å². The van der Waals surface area contributed by atoms with Crippen LogP contribution in [0.5, 0.6) is 17.2 Å². The lowest BCUT2D eigenvalue weighted by Gasteiger charge is -2.12. The second kappa shape index (κ2) is 13.8. The van der Waals surface area contributed by atoms with Crippen molar-refractivity contribution in [1.29, 1.82) is 0 Å². The molecule has 2 amide bonds. The smallest absolute Gasteiger partial charge is 0.272 e. The van der Waals surface area contributed by atoms with Gasteiger partial charge in [-0.15, -0.1) is 11.3 Å². The van der Waals surface area contributed by atoms with Gasteiger partial charge in [0.25, 0.3) is 11.8 Å². The van der Waals surface area contributed by atoms with Gasteiger partial charge in [-0.3, -0.25) is 14.4 Å². The summed E-state index contributed by atoms with van der Waals surface area (Å²) in [5.41, 5.74) is 2.11. The van der Waals surface area contributed by atoms with Crippen LogP contribution in [0.3, 0.4) is 0 Å². The molecule has 0 saturated heterocycles. The number of methoxy groups -OCH3 is 3. The second-order valence-corrected chi connectivity index (χ2v) is 9.56. The number of allylic oxidation sites excluding steroid dienone is 1. The van der Waals surface area contributed by atoms with E-state index in [1.165, 1.54) is 38.7 Å². The van der Waals surface area contributed by atoms with Crippen LogP contribution in [0.15, 0.2) is 96.0 Å². The number of hydrogen-bond acceptors (Lipinski definition) is 7. The maximum absolute atomic E-state index is 13.1. The van der Waals surface area contributed by atoms with Crippen LogP contribution in [0.4, 0.5) is 5.69 Å². The summed E-state index contributed by atoms with van der Waals surface area (Å²) in [6.45, 7) is 0. The normalized spacial score (nSPS) is 11.1. The van der Waals surface area contributed by atoms with Gasteiger partial charge in [-0.2, -0.15) is 0 Å². The lowest BCUT2D eigenvalue weighted by molar-refractivity contribution is -0.113. The summed E-state index contributed by atoms with van der Waals surface area (Å²) >= 11 is 1.44. The van der Waals surface area contributed by atoms with Crippen LogP contribution in [0, 0.1) is 0 Å². The maximum atomic E-state index is 13.1. The summed E-state index contributed by atoms with van der Waals surface area (Å²) in [6, 6.07) is 22.3. The Balaban J connectivity index is 1.46. The molecule has 1 aromatic heterocycles. The molecule has 0 bridgehead atoms. The van der Waals surface area contributed by atoms with Crippen molar-refractivity contribution in [2.24, 2.45) is 0 Å². The molecule has 0 aliphatic carbocycles. The molecule has 41 heavy (non-hydrogen) atoms. The Hall–Kier alpha value is -5.15. The van der Waals surface area contributed by atoms with Crippen molar-refractivity contribution in [3.8, 4) is 17.2 Å². The number of carbonyl (C=O) groups is 3. The average molecular weight is 569 g/mol. The minimum atomic E-state index is -0.496. The highest BCUT2D eigenvalue weighted by Crippen LogP contribution is 2.38. The molecule has 9 heteroatoms. The predicted octanol–water partition coefficient (Wildman–Crippen LogP) is 6.08. The van der Waals surface area contributed by atoms with Gasteiger partial charge in [0.05, 0.1) is 21.3 Å². The molecule has 0 spiro atoms. The van der Waals surface area contributed by atoms with Gasteiger partial charge < -0.3 is 24.8 Å². The molecule has 1 heterocycles. The number of hydrogen-bond donors (Lipinski definition) is 2. The molecule has 0 aliphatic rings. The quantitative estimate of drug-likeness (QED) is 0.168. The zero-order valence-electron chi connectivity index (χ0n) is 22.7. The van der Waals surface area contributed by atoms with Gasteiger partial charge in [-0.05, 0) is 77.7 Å². The third-order valence-electron chi connectivity index (χ3n) is 5.90. The fraction of sp³-hybridized carbons (Fsp3) is 0.0938. The zero-order valence-corrected chi connectivity index (χ0v) is 23.5. The Morgan fingerprint density at radius 2 is 1.46 bits per heavy atom. The van der Waals surface area contributed by atoms with Crippen molar-refractivity contribution in [1.82, 2.24) is 5.32 Å². The Morgan fingerprint density at radius 3 is 2.05 bits per heavy atom. The van der Waals surface area contributed by atoms with Crippen LogP contribution in [0.2, 0.25) is 0 Å². The van der Waals surface area contributed by atoms with E-state index in [4.69, 9.17) is 14.2 Å². The predicted molar refractivity (Wildman–Crippen MR) is 161 cm³/mol. The highest BCUT2D eigenvalue weighted by Gasteiger charge is 2.16. The number of nitrogens with one attached hydrogen (secondary N) is 2. The topological polar surface area (TPSA) is 103 Å². The van der Waals surface area contributed by atoms with Gasteiger partial charge in [0.15, 0.2) is 17.3 Å². The second-order valence-electron chi connectivity index (χ2n) is 8.58. The Bertz CT molecular complexity index is 1550. The SMILES string of the molecule is COc1cc(/C=C/C(=O)c2ccc(NC(=O)/C(=C/c3cccs3)NC(=O)c3ccccc3)cc2)cc(OC)c1OC. The summed E-state index contributed by atoms with van der Waals surface area (Å²) in [6.07, 6.45) is 4.71. The molecule has 0 fully saturated rings. The Labute approximate surface area is 241 Å². The molecule has 0 atom stereocenters. The van der Waals surface area contributed by atoms with Crippen molar-refractivity contribution < 1.29 is 28.6 Å².